The highest BCUT2D eigenvalue weighted by molar-refractivity contribution is 6.76. The molecule has 1 aromatic carbocycles. The Kier molecular flexibility index (Phi) is 5.87. The third kappa shape index (κ3) is 4.92. The number of hydrogen-bond donors (Lipinski definition) is 0. The maximum absolute atomic E-state index is 6.15. The fraction of sp³-hybridized carbons (Fsp3) is 0.600. The molecule has 0 amide bonds. The minimum absolute atomic E-state index is 0.360. The quantitative estimate of drug-likeness (QED) is 0.525. The molecule has 0 atom stereocenters. The molecule has 0 saturated carbocycles. The largest absolute Gasteiger partial charge is 0.494 e. The van der Waals surface area contributed by atoms with Crippen molar-refractivity contribution >= 4 is 20.7 Å². The van der Waals surface area contributed by atoms with E-state index in [0.717, 1.165) is 23.7 Å². The first-order valence-electron chi connectivity index (χ1n) is 9.90. The Morgan fingerprint density at radius 1 is 1.11 bits per heavy atom. The van der Waals surface area contributed by atoms with Crippen molar-refractivity contribution in [2.45, 2.75) is 71.3 Å². The lowest BCUT2D eigenvalue weighted by Crippen LogP contribution is -2.41. The molecule has 2 aromatic rings. The first-order chi connectivity index (χ1) is 13.0. The van der Waals surface area contributed by atoms with Crippen molar-refractivity contribution in [3.63, 3.8) is 0 Å². The summed E-state index contributed by atoms with van der Waals surface area (Å²) in [6.07, 6.45) is 1.71. The lowest BCUT2D eigenvalue weighted by atomic mass is 9.78. The van der Waals surface area contributed by atoms with Crippen molar-refractivity contribution in [1.82, 2.24) is 14.8 Å². The van der Waals surface area contributed by atoms with Gasteiger partial charge in [0, 0.05) is 20.2 Å². The Morgan fingerprint density at radius 3 is 2.43 bits per heavy atom. The molecule has 0 spiro atoms. The van der Waals surface area contributed by atoms with E-state index in [-0.39, 0.29) is 11.2 Å². The standard InChI is InChI=1S/C20H32BN3O3Si/c1-19(2)20(3,4)27-21(26-19)17-10-8-9-16(13-17)18-22-14-24(23-18)15-25-11-12-28(5,6)7/h8-10,13-14H,11-12,15H2,1-7H3. The SMILES string of the molecule is CC1(C)OB(c2cccc(-c3ncn(COCC[Si](C)(C)C)n3)c2)OC1(C)C. The Labute approximate surface area is 169 Å². The minimum Gasteiger partial charge on any atom is -0.399 e. The Bertz CT molecular complexity index is 801. The zero-order valence-electron chi connectivity index (χ0n) is 18.2. The molecule has 6 nitrogen and oxygen atoms in total. The predicted molar refractivity (Wildman–Crippen MR) is 115 cm³/mol. The molecular formula is C20H32BN3O3Si. The first-order valence-corrected chi connectivity index (χ1v) is 13.6. The highest BCUT2D eigenvalue weighted by atomic mass is 28.3. The van der Waals surface area contributed by atoms with Crippen molar-refractivity contribution in [3.8, 4) is 11.4 Å². The summed E-state index contributed by atoms with van der Waals surface area (Å²) in [6, 6.07) is 9.18. The molecule has 152 valence electrons. The van der Waals surface area contributed by atoms with E-state index in [4.69, 9.17) is 14.0 Å². The minimum atomic E-state index is -1.08. The Balaban J connectivity index is 1.66. The van der Waals surface area contributed by atoms with Crippen LogP contribution in [0, 0.1) is 0 Å². The van der Waals surface area contributed by atoms with E-state index in [1.165, 1.54) is 0 Å². The summed E-state index contributed by atoms with van der Waals surface area (Å²) in [5.41, 5.74) is 1.19. The summed E-state index contributed by atoms with van der Waals surface area (Å²) < 4.78 is 19.8. The summed E-state index contributed by atoms with van der Waals surface area (Å²) in [4.78, 5) is 4.44. The molecule has 1 fully saturated rings. The van der Waals surface area contributed by atoms with Gasteiger partial charge in [-0.1, -0.05) is 43.9 Å². The smallest absolute Gasteiger partial charge is 0.399 e. The molecule has 0 bridgehead atoms. The summed E-state index contributed by atoms with van der Waals surface area (Å²) in [7, 11) is -1.47. The van der Waals surface area contributed by atoms with E-state index in [0.29, 0.717) is 12.6 Å². The number of rotatable bonds is 7. The van der Waals surface area contributed by atoms with Crippen molar-refractivity contribution in [3.05, 3.63) is 30.6 Å². The fourth-order valence-electron chi connectivity index (χ4n) is 2.83. The topological polar surface area (TPSA) is 58.4 Å². The number of benzene rings is 1. The summed E-state index contributed by atoms with van der Waals surface area (Å²) in [5.74, 6) is 0.673. The van der Waals surface area contributed by atoms with Crippen LogP contribution in [0.5, 0.6) is 0 Å². The highest BCUT2D eigenvalue weighted by Crippen LogP contribution is 2.36. The first kappa shape index (κ1) is 21.2. The zero-order chi connectivity index (χ0) is 20.6. The summed E-state index contributed by atoms with van der Waals surface area (Å²) >= 11 is 0. The van der Waals surface area contributed by atoms with Crippen molar-refractivity contribution in [2.75, 3.05) is 6.61 Å². The van der Waals surface area contributed by atoms with Crippen LogP contribution in [-0.4, -0.2) is 47.8 Å². The molecule has 0 radical (unpaired) electrons. The number of ether oxygens (including phenoxy) is 1. The van der Waals surface area contributed by atoms with Gasteiger partial charge in [0.2, 0.25) is 0 Å². The Hall–Kier alpha value is -1.48. The zero-order valence-corrected chi connectivity index (χ0v) is 19.2. The maximum atomic E-state index is 6.15. The van der Waals surface area contributed by atoms with Crippen molar-refractivity contribution in [1.29, 1.82) is 0 Å². The molecule has 0 N–H and O–H groups in total. The van der Waals surface area contributed by atoms with Crippen LogP contribution in [0.3, 0.4) is 0 Å². The molecule has 0 aliphatic carbocycles. The molecule has 1 aliphatic rings. The molecular weight excluding hydrogens is 369 g/mol. The number of aromatic nitrogens is 3. The second-order valence-electron chi connectivity index (χ2n) is 9.67. The van der Waals surface area contributed by atoms with Gasteiger partial charge >= 0.3 is 7.12 Å². The van der Waals surface area contributed by atoms with Gasteiger partial charge in [0.05, 0.1) is 11.2 Å². The number of nitrogens with zero attached hydrogens (tertiary/aromatic N) is 3. The Morgan fingerprint density at radius 2 is 1.79 bits per heavy atom. The van der Waals surface area contributed by atoms with Gasteiger partial charge in [0.25, 0.3) is 0 Å². The molecule has 3 rings (SSSR count). The van der Waals surface area contributed by atoms with Gasteiger partial charge in [-0.15, -0.1) is 5.10 Å². The monoisotopic (exact) mass is 401 g/mol. The molecule has 8 heteroatoms. The lowest BCUT2D eigenvalue weighted by Gasteiger charge is -2.32. The van der Waals surface area contributed by atoms with Crippen LogP contribution in [0.15, 0.2) is 30.6 Å². The van der Waals surface area contributed by atoms with Crippen LogP contribution in [-0.2, 0) is 20.8 Å². The molecule has 28 heavy (non-hydrogen) atoms. The third-order valence-corrected chi connectivity index (χ3v) is 7.13. The van der Waals surface area contributed by atoms with Crippen molar-refractivity contribution in [2.24, 2.45) is 0 Å². The van der Waals surface area contributed by atoms with Gasteiger partial charge in [-0.25, -0.2) is 9.67 Å². The second kappa shape index (κ2) is 7.74. The summed E-state index contributed by atoms with van der Waals surface area (Å²) in [6.45, 7) is 16.5. The average Bonchev–Trinajstić information content (AvgIpc) is 3.13. The van der Waals surface area contributed by atoms with E-state index in [1.54, 1.807) is 11.0 Å². The van der Waals surface area contributed by atoms with Gasteiger partial charge in [-0.05, 0) is 39.2 Å². The van der Waals surface area contributed by atoms with Crippen molar-refractivity contribution < 1.29 is 14.0 Å². The van der Waals surface area contributed by atoms with E-state index < -0.39 is 15.2 Å². The van der Waals surface area contributed by atoms with Gasteiger partial charge in [-0.3, -0.25) is 0 Å². The highest BCUT2D eigenvalue weighted by Gasteiger charge is 2.51. The average molecular weight is 401 g/mol. The van der Waals surface area contributed by atoms with E-state index in [1.807, 2.05) is 24.3 Å². The lowest BCUT2D eigenvalue weighted by molar-refractivity contribution is 0.00578. The summed E-state index contributed by atoms with van der Waals surface area (Å²) in [5, 5.41) is 4.55. The second-order valence-corrected chi connectivity index (χ2v) is 15.3. The van der Waals surface area contributed by atoms with Crippen LogP contribution in [0.25, 0.3) is 11.4 Å². The van der Waals surface area contributed by atoms with Crippen LogP contribution < -0.4 is 5.46 Å². The molecule has 1 saturated heterocycles. The van der Waals surface area contributed by atoms with Gasteiger partial charge in [0.15, 0.2) is 5.82 Å². The van der Waals surface area contributed by atoms with Gasteiger partial charge in [-0.2, -0.15) is 0 Å². The fourth-order valence-corrected chi connectivity index (χ4v) is 3.59. The van der Waals surface area contributed by atoms with Crippen LogP contribution >= 0.6 is 0 Å². The molecule has 0 unspecified atom stereocenters. The predicted octanol–water partition coefficient (Wildman–Crippen LogP) is 3.56. The normalized spacial score (nSPS) is 18.6. The van der Waals surface area contributed by atoms with Gasteiger partial charge < -0.3 is 14.0 Å². The van der Waals surface area contributed by atoms with Crippen LogP contribution in [0.2, 0.25) is 25.7 Å². The maximum Gasteiger partial charge on any atom is 0.494 e. The molecule has 2 heterocycles. The third-order valence-electron chi connectivity index (χ3n) is 5.43. The number of hydrogen-bond acceptors (Lipinski definition) is 5. The van der Waals surface area contributed by atoms with Crippen LogP contribution in [0.4, 0.5) is 0 Å². The van der Waals surface area contributed by atoms with Crippen LogP contribution in [0.1, 0.15) is 27.7 Å². The van der Waals surface area contributed by atoms with E-state index in [2.05, 4.69) is 57.4 Å². The molecule has 1 aliphatic heterocycles. The van der Waals surface area contributed by atoms with E-state index >= 15 is 0 Å². The molecule has 1 aromatic heterocycles. The van der Waals surface area contributed by atoms with E-state index in [9.17, 15) is 0 Å². The van der Waals surface area contributed by atoms with Gasteiger partial charge in [0.1, 0.15) is 13.1 Å².